The molecule has 1 atom stereocenters. The second-order valence-corrected chi connectivity index (χ2v) is 6.14. The highest BCUT2D eigenvalue weighted by Crippen LogP contribution is 2.29. The SMILES string of the molecule is CCc1cc(N2CCOC[C@H]2c2ncnn2C)nc(-c2ccccn2)n1. The first kappa shape index (κ1) is 16.6. The van der Waals surface area contributed by atoms with E-state index in [2.05, 4.69) is 31.9 Å². The Balaban J connectivity index is 1.76. The molecule has 26 heavy (non-hydrogen) atoms. The minimum Gasteiger partial charge on any atom is -0.377 e. The molecular formula is C18H21N7O. The molecule has 0 bridgehead atoms. The van der Waals surface area contributed by atoms with Gasteiger partial charge in [-0.05, 0) is 18.6 Å². The summed E-state index contributed by atoms with van der Waals surface area (Å²) in [6, 6.07) is 7.77. The van der Waals surface area contributed by atoms with E-state index in [1.807, 2.05) is 31.3 Å². The summed E-state index contributed by atoms with van der Waals surface area (Å²) in [5.74, 6) is 2.37. The Morgan fingerprint density at radius 3 is 2.88 bits per heavy atom. The Kier molecular flexibility index (Phi) is 4.57. The molecule has 0 unspecified atom stereocenters. The van der Waals surface area contributed by atoms with Gasteiger partial charge in [0.05, 0.1) is 13.2 Å². The summed E-state index contributed by atoms with van der Waals surface area (Å²) >= 11 is 0. The Bertz CT molecular complexity index is 880. The van der Waals surface area contributed by atoms with Crippen molar-refractivity contribution >= 4 is 5.82 Å². The van der Waals surface area contributed by atoms with Crippen molar-refractivity contribution in [1.82, 2.24) is 29.7 Å². The fraction of sp³-hybridized carbons (Fsp3) is 0.389. The quantitative estimate of drug-likeness (QED) is 0.709. The van der Waals surface area contributed by atoms with Gasteiger partial charge in [0.15, 0.2) is 11.6 Å². The van der Waals surface area contributed by atoms with Crippen LogP contribution < -0.4 is 4.90 Å². The molecule has 1 aliphatic rings. The van der Waals surface area contributed by atoms with Crippen LogP contribution in [0.1, 0.15) is 24.5 Å². The Morgan fingerprint density at radius 2 is 2.15 bits per heavy atom. The number of ether oxygens (including phenoxy) is 1. The third-order valence-corrected chi connectivity index (χ3v) is 4.49. The minimum atomic E-state index is -0.0348. The summed E-state index contributed by atoms with van der Waals surface area (Å²) in [5.41, 5.74) is 1.76. The molecule has 1 fully saturated rings. The van der Waals surface area contributed by atoms with Crippen LogP contribution in [0.15, 0.2) is 36.8 Å². The number of aryl methyl sites for hydroxylation is 2. The van der Waals surface area contributed by atoms with Crippen molar-refractivity contribution in [2.24, 2.45) is 7.05 Å². The van der Waals surface area contributed by atoms with Crippen molar-refractivity contribution in [3.8, 4) is 11.5 Å². The van der Waals surface area contributed by atoms with Gasteiger partial charge >= 0.3 is 0 Å². The first-order chi connectivity index (χ1) is 12.8. The number of pyridine rings is 1. The lowest BCUT2D eigenvalue weighted by Gasteiger charge is -2.35. The summed E-state index contributed by atoms with van der Waals surface area (Å²) in [6.45, 7) is 4.03. The average molecular weight is 351 g/mol. The molecule has 3 aromatic rings. The molecule has 0 aromatic carbocycles. The van der Waals surface area contributed by atoms with Gasteiger partial charge in [0.25, 0.3) is 0 Å². The van der Waals surface area contributed by atoms with Crippen molar-refractivity contribution in [1.29, 1.82) is 0 Å². The summed E-state index contributed by atoms with van der Waals surface area (Å²) in [5, 5.41) is 4.20. The van der Waals surface area contributed by atoms with E-state index in [4.69, 9.17) is 9.72 Å². The van der Waals surface area contributed by atoms with Crippen molar-refractivity contribution < 1.29 is 4.74 Å². The smallest absolute Gasteiger partial charge is 0.180 e. The van der Waals surface area contributed by atoms with Crippen LogP contribution in [0.3, 0.4) is 0 Å². The Morgan fingerprint density at radius 1 is 1.23 bits per heavy atom. The molecule has 1 aliphatic heterocycles. The van der Waals surface area contributed by atoms with Gasteiger partial charge in [-0.15, -0.1) is 0 Å². The van der Waals surface area contributed by atoms with Gasteiger partial charge < -0.3 is 9.64 Å². The van der Waals surface area contributed by atoms with Gasteiger partial charge in [0, 0.05) is 31.5 Å². The lowest BCUT2D eigenvalue weighted by atomic mass is 10.2. The normalized spacial score (nSPS) is 17.5. The van der Waals surface area contributed by atoms with Gasteiger partial charge in [0.1, 0.15) is 23.9 Å². The van der Waals surface area contributed by atoms with Crippen LogP contribution in [0.25, 0.3) is 11.5 Å². The summed E-state index contributed by atoms with van der Waals surface area (Å²) in [6.07, 6.45) is 4.15. The van der Waals surface area contributed by atoms with Crippen LogP contribution in [0.5, 0.6) is 0 Å². The van der Waals surface area contributed by atoms with Gasteiger partial charge in [-0.25, -0.2) is 15.0 Å². The number of anilines is 1. The molecule has 0 saturated carbocycles. The van der Waals surface area contributed by atoms with Crippen molar-refractivity contribution in [3.63, 3.8) is 0 Å². The van der Waals surface area contributed by atoms with Crippen LogP contribution in [0.2, 0.25) is 0 Å². The summed E-state index contributed by atoms with van der Waals surface area (Å²) in [7, 11) is 1.89. The van der Waals surface area contributed by atoms with Crippen molar-refractivity contribution in [3.05, 3.63) is 48.3 Å². The van der Waals surface area contributed by atoms with Crippen LogP contribution in [0, 0.1) is 0 Å². The third kappa shape index (κ3) is 3.15. The van der Waals surface area contributed by atoms with E-state index in [0.717, 1.165) is 36.0 Å². The number of hydrogen-bond acceptors (Lipinski definition) is 7. The van der Waals surface area contributed by atoms with E-state index in [1.165, 1.54) is 0 Å². The lowest BCUT2D eigenvalue weighted by Crippen LogP contribution is -2.41. The average Bonchev–Trinajstić information content (AvgIpc) is 3.14. The number of morpholine rings is 1. The molecule has 3 aromatic heterocycles. The third-order valence-electron chi connectivity index (χ3n) is 4.49. The topological polar surface area (TPSA) is 81.9 Å². The Labute approximate surface area is 151 Å². The first-order valence-corrected chi connectivity index (χ1v) is 8.74. The molecule has 0 amide bonds. The van der Waals surface area contributed by atoms with Crippen LogP contribution in [0.4, 0.5) is 5.82 Å². The predicted molar refractivity (Wildman–Crippen MR) is 96.6 cm³/mol. The van der Waals surface area contributed by atoms with E-state index in [-0.39, 0.29) is 6.04 Å². The minimum absolute atomic E-state index is 0.0348. The highest BCUT2D eigenvalue weighted by molar-refractivity contribution is 5.54. The Hall–Kier alpha value is -2.87. The number of aromatic nitrogens is 6. The lowest BCUT2D eigenvalue weighted by molar-refractivity contribution is 0.0902. The van der Waals surface area contributed by atoms with E-state index >= 15 is 0 Å². The molecule has 0 radical (unpaired) electrons. The second kappa shape index (κ2) is 7.17. The zero-order valence-corrected chi connectivity index (χ0v) is 14.9. The maximum atomic E-state index is 5.71. The molecular weight excluding hydrogens is 330 g/mol. The molecule has 134 valence electrons. The zero-order valence-electron chi connectivity index (χ0n) is 14.9. The highest BCUT2D eigenvalue weighted by atomic mass is 16.5. The molecule has 0 spiro atoms. The van der Waals surface area contributed by atoms with Crippen LogP contribution in [-0.2, 0) is 18.2 Å². The number of nitrogens with zero attached hydrogens (tertiary/aromatic N) is 7. The number of hydrogen-bond donors (Lipinski definition) is 0. The molecule has 4 heterocycles. The van der Waals surface area contributed by atoms with Crippen molar-refractivity contribution in [2.75, 3.05) is 24.7 Å². The van der Waals surface area contributed by atoms with Crippen LogP contribution in [-0.4, -0.2) is 49.5 Å². The van der Waals surface area contributed by atoms with E-state index < -0.39 is 0 Å². The molecule has 0 N–H and O–H groups in total. The molecule has 0 aliphatic carbocycles. The van der Waals surface area contributed by atoms with Gasteiger partial charge in [-0.2, -0.15) is 5.10 Å². The first-order valence-electron chi connectivity index (χ1n) is 8.74. The maximum Gasteiger partial charge on any atom is 0.180 e. The van der Waals surface area contributed by atoms with Crippen LogP contribution >= 0.6 is 0 Å². The number of rotatable bonds is 4. The van der Waals surface area contributed by atoms with Gasteiger partial charge in [-0.1, -0.05) is 13.0 Å². The standard InChI is InChI=1S/C18H21N7O/c1-3-13-10-16(23-17(22-13)14-6-4-5-7-19-14)25-8-9-26-11-15(25)18-20-12-21-24(18)2/h4-7,10,12,15H,3,8-9,11H2,1-2H3/t15-/m0/s1. The predicted octanol–water partition coefficient (Wildman–Crippen LogP) is 1.81. The maximum absolute atomic E-state index is 5.71. The molecule has 8 nitrogen and oxygen atoms in total. The second-order valence-electron chi connectivity index (χ2n) is 6.14. The fourth-order valence-corrected chi connectivity index (χ4v) is 3.12. The summed E-state index contributed by atoms with van der Waals surface area (Å²) in [4.78, 5) is 20.5. The molecule has 8 heteroatoms. The fourth-order valence-electron chi connectivity index (χ4n) is 3.12. The highest BCUT2D eigenvalue weighted by Gasteiger charge is 2.29. The van der Waals surface area contributed by atoms with Gasteiger partial charge in [0.2, 0.25) is 0 Å². The monoisotopic (exact) mass is 351 g/mol. The molecule has 4 rings (SSSR count). The molecule has 1 saturated heterocycles. The van der Waals surface area contributed by atoms with Crippen molar-refractivity contribution in [2.45, 2.75) is 19.4 Å². The van der Waals surface area contributed by atoms with Gasteiger partial charge in [-0.3, -0.25) is 9.67 Å². The largest absolute Gasteiger partial charge is 0.377 e. The van der Waals surface area contributed by atoms with E-state index in [1.54, 1.807) is 17.2 Å². The zero-order chi connectivity index (χ0) is 17.9. The summed E-state index contributed by atoms with van der Waals surface area (Å²) < 4.78 is 7.49. The van der Waals surface area contributed by atoms with E-state index in [9.17, 15) is 0 Å². The van der Waals surface area contributed by atoms with E-state index in [0.29, 0.717) is 19.0 Å².